The summed E-state index contributed by atoms with van der Waals surface area (Å²) in [5.41, 5.74) is 3.96. The maximum absolute atomic E-state index is 13.4. The number of phenolic OH excluding ortho intramolecular Hbond substituents is 1. The Bertz CT molecular complexity index is 1370. The first kappa shape index (κ1) is 24.6. The zero-order valence-electron chi connectivity index (χ0n) is 21.1. The molecule has 0 bridgehead atoms. The lowest BCUT2D eigenvalue weighted by atomic mass is 9.88. The lowest BCUT2D eigenvalue weighted by molar-refractivity contribution is -0.132. The standard InChI is InChI=1S/C31H31NO5/c1-19(2)18-37-26-14-12-24(13-15-26)32-28(22-8-5-9-25(33)17-22)27(30(35)31(32)36)29(34)23-11-10-20-6-3-4-7-21(20)16-23/h5,8-17,19,28,33-34H,3-4,6-7,18H2,1-2H3/b29-27-. The van der Waals surface area contributed by atoms with Gasteiger partial charge in [0.15, 0.2) is 0 Å². The summed E-state index contributed by atoms with van der Waals surface area (Å²) in [5, 5.41) is 21.6. The van der Waals surface area contributed by atoms with E-state index in [1.54, 1.807) is 36.4 Å². The van der Waals surface area contributed by atoms with E-state index in [2.05, 4.69) is 13.8 Å². The zero-order valence-corrected chi connectivity index (χ0v) is 21.1. The third kappa shape index (κ3) is 4.84. The monoisotopic (exact) mass is 497 g/mol. The number of aryl methyl sites for hydroxylation is 2. The lowest BCUT2D eigenvalue weighted by Gasteiger charge is -2.26. The Hall–Kier alpha value is -4.06. The second-order valence-corrected chi connectivity index (χ2v) is 10.2. The Balaban J connectivity index is 1.60. The van der Waals surface area contributed by atoms with Gasteiger partial charge in [0, 0.05) is 11.3 Å². The number of ether oxygens (including phenoxy) is 1. The first-order valence-electron chi connectivity index (χ1n) is 12.8. The summed E-state index contributed by atoms with van der Waals surface area (Å²) in [6.45, 7) is 4.69. The maximum Gasteiger partial charge on any atom is 0.300 e. The minimum atomic E-state index is -0.898. The number of hydrogen-bond donors (Lipinski definition) is 2. The average molecular weight is 498 g/mol. The first-order valence-corrected chi connectivity index (χ1v) is 12.8. The van der Waals surface area contributed by atoms with Gasteiger partial charge in [0.05, 0.1) is 18.2 Å². The highest BCUT2D eigenvalue weighted by atomic mass is 16.5. The Labute approximate surface area is 216 Å². The van der Waals surface area contributed by atoms with Gasteiger partial charge in [0.1, 0.15) is 17.3 Å². The number of ketones is 1. The van der Waals surface area contributed by atoms with Crippen molar-refractivity contribution in [1.29, 1.82) is 0 Å². The molecule has 1 saturated heterocycles. The number of Topliss-reactive ketones (excluding diaryl/α,β-unsaturated/α-hetero) is 1. The van der Waals surface area contributed by atoms with E-state index in [9.17, 15) is 19.8 Å². The number of rotatable bonds is 6. The van der Waals surface area contributed by atoms with Gasteiger partial charge >= 0.3 is 0 Å². The summed E-state index contributed by atoms with van der Waals surface area (Å²) in [5.74, 6) is -0.662. The fraction of sp³-hybridized carbons (Fsp3) is 0.290. The van der Waals surface area contributed by atoms with Crippen LogP contribution in [0.2, 0.25) is 0 Å². The van der Waals surface area contributed by atoms with Crippen molar-refractivity contribution in [2.45, 2.75) is 45.6 Å². The minimum Gasteiger partial charge on any atom is -0.508 e. The third-order valence-electron chi connectivity index (χ3n) is 6.95. The fourth-order valence-electron chi connectivity index (χ4n) is 5.11. The van der Waals surface area contributed by atoms with Gasteiger partial charge in [-0.3, -0.25) is 14.5 Å². The number of benzene rings is 3. The highest BCUT2D eigenvalue weighted by Crippen LogP contribution is 2.43. The van der Waals surface area contributed by atoms with Crippen LogP contribution in [0.5, 0.6) is 11.5 Å². The molecule has 1 fully saturated rings. The van der Waals surface area contributed by atoms with Crippen molar-refractivity contribution in [3.8, 4) is 11.5 Å². The van der Waals surface area contributed by atoms with Crippen LogP contribution in [-0.4, -0.2) is 28.5 Å². The topological polar surface area (TPSA) is 87.1 Å². The summed E-state index contributed by atoms with van der Waals surface area (Å²) in [4.78, 5) is 28.2. The first-order chi connectivity index (χ1) is 17.8. The Morgan fingerprint density at radius 1 is 0.973 bits per heavy atom. The number of aromatic hydroxyl groups is 1. The number of carbonyl (C=O) groups excluding carboxylic acids is 2. The van der Waals surface area contributed by atoms with Gasteiger partial charge in [-0.05, 0) is 90.8 Å². The zero-order chi connectivity index (χ0) is 26.1. The summed E-state index contributed by atoms with van der Waals surface area (Å²) >= 11 is 0. The van der Waals surface area contributed by atoms with Crippen LogP contribution < -0.4 is 9.64 Å². The number of hydrogen-bond acceptors (Lipinski definition) is 5. The number of aliphatic hydroxyl groups is 1. The smallest absolute Gasteiger partial charge is 0.300 e. The molecule has 1 unspecified atom stereocenters. The highest BCUT2D eigenvalue weighted by molar-refractivity contribution is 6.51. The molecule has 0 saturated carbocycles. The van der Waals surface area contributed by atoms with Gasteiger partial charge in [-0.25, -0.2) is 0 Å². The molecule has 1 atom stereocenters. The Kier molecular flexibility index (Phi) is 6.74. The SMILES string of the molecule is CC(C)COc1ccc(N2C(=O)C(=O)/C(=C(\O)c3ccc4c(c3)CCCC4)C2c2cccc(O)c2)cc1. The summed E-state index contributed by atoms with van der Waals surface area (Å²) in [6.07, 6.45) is 4.15. The molecule has 5 rings (SSSR count). The molecule has 37 heavy (non-hydrogen) atoms. The van der Waals surface area contributed by atoms with E-state index in [-0.39, 0.29) is 17.1 Å². The van der Waals surface area contributed by atoms with Gasteiger partial charge in [-0.1, -0.05) is 38.1 Å². The second kappa shape index (κ2) is 10.1. The van der Waals surface area contributed by atoms with Crippen molar-refractivity contribution in [3.63, 3.8) is 0 Å². The van der Waals surface area contributed by atoms with E-state index in [1.807, 2.05) is 18.2 Å². The number of amides is 1. The molecule has 1 aliphatic heterocycles. The van der Waals surface area contributed by atoms with Crippen molar-refractivity contribution < 1.29 is 24.5 Å². The summed E-state index contributed by atoms with van der Waals surface area (Å²) < 4.78 is 5.77. The molecular weight excluding hydrogens is 466 g/mol. The molecule has 0 aromatic heterocycles. The lowest BCUT2D eigenvalue weighted by Crippen LogP contribution is -2.29. The second-order valence-electron chi connectivity index (χ2n) is 10.2. The molecule has 6 nitrogen and oxygen atoms in total. The number of nitrogens with zero attached hydrogens (tertiary/aromatic N) is 1. The molecule has 6 heteroatoms. The molecular formula is C31H31NO5. The molecule has 190 valence electrons. The van der Waals surface area contributed by atoms with Gasteiger partial charge in [0.2, 0.25) is 0 Å². The molecule has 1 heterocycles. The molecule has 3 aromatic carbocycles. The van der Waals surface area contributed by atoms with Crippen LogP contribution in [0.1, 0.15) is 55.0 Å². The number of carbonyl (C=O) groups is 2. The van der Waals surface area contributed by atoms with Crippen LogP contribution >= 0.6 is 0 Å². The van der Waals surface area contributed by atoms with E-state index in [0.717, 1.165) is 31.2 Å². The molecule has 1 aliphatic carbocycles. The number of phenols is 1. The quantitative estimate of drug-likeness (QED) is 0.250. The highest BCUT2D eigenvalue weighted by Gasteiger charge is 2.47. The number of anilines is 1. The van der Waals surface area contributed by atoms with Gasteiger partial charge in [-0.2, -0.15) is 0 Å². The Morgan fingerprint density at radius 2 is 1.70 bits per heavy atom. The molecule has 3 aromatic rings. The van der Waals surface area contributed by atoms with Crippen LogP contribution in [0, 0.1) is 5.92 Å². The minimum absolute atomic E-state index is 0.00601. The molecule has 0 spiro atoms. The average Bonchev–Trinajstić information content (AvgIpc) is 3.17. The van der Waals surface area contributed by atoms with Crippen LogP contribution in [-0.2, 0) is 22.4 Å². The van der Waals surface area contributed by atoms with Crippen molar-refractivity contribution in [2.75, 3.05) is 11.5 Å². The largest absolute Gasteiger partial charge is 0.508 e. The molecule has 0 radical (unpaired) electrons. The van der Waals surface area contributed by atoms with Crippen molar-refractivity contribution in [1.82, 2.24) is 0 Å². The summed E-state index contributed by atoms with van der Waals surface area (Å²) in [6, 6.07) is 18.3. The van der Waals surface area contributed by atoms with E-state index in [0.29, 0.717) is 35.1 Å². The van der Waals surface area contributed by atoms with E-state index in [4.69, 9.17) is 4.74 Å². The molecule has 1 amide bonds. The number of fused-ring (bicyclic) bond motifs is 1. The number of aliphatic hydroxyl groups excluding tert-OH is 1. The normalized spacial score (nSPS) is 18.8. The molecule has 2 aliphatic rings. The van der Waals surface area contributed by atoms with E-state index >= 15 is 0 Å². The van der Waals surface area contributed by atoms with Crippen LogP contribution in [0.25, 0.3) is 5.76 Å². The van der Waals surface area contributed by atoms with E-state index in [1.165, 1.54) is 22.6 Å². The van der Waals surface area contributed by atoms with Crippen LogP contribution in [0.4, 0.5) is 5.69 Å². The van der Waals surface area contributed by atoms with E-state index < -0.39 is 17.7 Å². The van der Waals surface area contributed by atoms with Crippen molar-refractivity contribution in [2.24, 2.45) is 5.92 Å². The fourth-order valence-corrected chi connectivity index (χ4v) is 5.11. The van der Waals surface area contributed by atoms with Crippen LogP contribution in [0.3, 0.4) is 0 Å². The third-order valence-corrected chi connectivity index (χ3v) is 6.95. The summed E-state index contributed by atoms with van der Waals surface area (Å²) in [7, 11) is 0. The van der Waals surface area contributed by atoms with Gasteiger partial charge in [0.25, 0.3) is 11.7 Å². The van der Waals surface area contributed by atoms with Gasteiger partial charge in [-0.15, -0.1) is 0 Å². The van der Waals surface area contributed by atoms with Crippen LogP contribution in [0.15, 0.2) is 72.3 Å². The van der Waals surface area contributed by atoms with Gasteiger partial charge < -0.3 is 14.9 Å². The predicted octanol–water partition coefficient (Wildman–Crippen LogP) is 5.93. The van der Waals surface area contributed by atoms with Crippen molar-refractivity contribution in [3.05, 3.63) is 94.6 Å². The predicted molar refractivity (Wildman–Crippen MR) is 143 cm³/mol. The maximum atomic E-state index is 13.4. The Morgan fingerprint density at radius 3 is 2.41 bits per heavy atom. The molecule has 2 N–H and O–H groups in total. The van der Waals surface area contributed by atoms with Crippen molar-refractivity contribution >= 4 is 23.1 Å².